The van der Waals surface area contributed by atoms with E-state index >= 15 is 0 Å². The number of aliphatic carboxylic acids is 2. The summed E-state index contributed by atoms with van der Waals surface area (Å²) in [5.41, 5.74) is 7.25. The number of hydrogen-bond donors (Lipinski definition) is 5. The number of hydrogen-bond acceptors (Lipinski definition) is 7. The Balaban J connectivity index is 0.000000631. The molecule has 4 atom stereocenters. The third-order valence-corrected chi connectivity index (χ3v) is 8.31. The maximum Gasteiger partial charge on any atom is 0.414 e. The van der Waals surface area contributed by atoms with E-state index in [-0.39, 0.29) is 11.8 Å². The molecule has 1 aliphatic carbocycles. The Bertz CT molecular complexity index is 986. The summed E-state index contributed by atoms with van der Waals surface area (Å²) in [4.78, 5) is 46.9. The van der Waals surface area contributed by atoms with Gasteiger partial charge in [-0.2, -0.15) is 0 Å². The number of carboxylic acid groups (broad SMARTS) is 2. The number of fused-ring (bicyclic) bond motifs is 2. The van der Waals surface area contributed by atoms with Crippen LogP contribution in [-0.4, -0.2) is 98.4 Å². The Hall–Kier alpha value is -3.02. The third kappa shape index (κ3) is 8.48. The van der Waals surface area contributed by atoms with Gasteiger partial charge in [-0.05, 0) is 68.1 Å². The molecule has 6 N–H and O–H groups in total. The lowest BCUT2D eigenvalue weighted by atomic mass is 9.84. The summed E-state index contributed by atoms with van der Waals surface area (Å²) < 4.78 is 0. The molecule has 2 saturated heterocycles. The average molecular weight is 548 g/mol. The summed E-state index contributed by atoms with van der Waals surface area (Å²) in [5, 5.41) is 34.1. The number of carboxylic acids is 2. The largest absolute Gasteiger partial charge is 0.473 e. The fourth-order valence-electron chi connectivity index (χ4n) is 6.36. The van der Waals surface area contributed by atoms with Gasteiger partial charge in [0.2, 0.25) is 5.91 Å². The number of carbonyl (C=O) groups excluding carboxylic acids is 2. The minimum atomic E-state index is -1.82. The van der Waals surface area contributed by atoms with Crippen LogP contribution in [0.15, 0.2) is 24.3 Å². The van der Waals surface area contributed by atoms with Gasteiger partial charge in [-0.15, -0.1) is 0 Å². The minimum absolute atomic E-state index is 0.339. The van der Waals surface area contributed by atoms with Crippen molar-refractivity contribution in [2.24, 2.45) is 11.7 Å². The van der Waals surface area contributed by atoms with Crippen molar-refractivity contribution in [3.05, 3.63) is 35.4 Å². The first-order chi connectivity index (χ1) is 18.6. The average Bonchev–Trinajstić information content (AvgIpc) is 3.17. The highest BCUT2D eigenvalue weighted by molar-refractivity contribution is 6.27. The molecule has 2 heterocycles. The summed E-state index contributed by atoms with van der Waals surface area (Å²) in [7, 11) is 0. The monoisotopic (exact) mass is 547 g/mol. The fraction of sp³-hybridized carbons (Fsp3) is 0.643. The van der Waals surface area contributed by atoms with Crippen LogP contribution < -0.4 is 5.73 Å². The Morgan fingerprint density at radius 1 is 0.974 bits per heavy atom. The molecule has 0 radical (unpaired) electrons. The Labute approximate surface area is 228 Å². The van der Waals surface area contributed by atoms with E-state index in [1.54, 1.807) is 11.0 Å². The molecule has 0 spiro atoms. The van der Waals surface area contributed by atoms with Crippen molar-refractivity contribution in [3.63, 3.8) is 0 Å². The van der Waals surface area contributed by atoms with E-state index in [1.165, 1.54) is 24.8 Å². The number of nitrogens with zero attached hydrogens (tertiary/aromatic N) is 2. The van der Waals surface area contributed by atoms with Crippen molar-refractivity contribution in [1.82, 2.24) is 9.80 Å². The lowest BCUT2D eigenvalue weighted by molar-refractivity contribution is -0.159. The van der Waals surface area contributed by atoms with E-state index < -0.39 is 24.6 Å². The zero-order valence-electron chi connectivity index (χ0n) is 22.3. The van der Waals surface area contributed by atoms with Crippen molar-refractivity contribution in [1.29, 1.82) is 0 Å². The highest BCUT2D eigenvalue weighted by Crippen LogP contribution is 2.43. The molecule has 1 saturated carbocycles. The van der Waals surface area contributed by atoms with Gasteiger partial charge in [0.1, 0.15) is 0 Å². The van der Waals surface area contributed by atoms with Gasteiger partial charge < -0.3 is 31.1 Å². The molecule has 216 valence electrons. The first-order valence-corrected chi connectivity index (χ1v) is 13.8. The molecule has 1 unspecified atom stereocenters. The molecule has 2 bridgehead atoms. The minimum Gasteiger partial charge on any atom is -0.473 e. The molecule has 4 rings (SSSR count). The van der Waals surface area contributed by atoms with Crippen LogP contribution >= 0.6 is 0 Å². The zero-order chi connectivity index (χ0) is 28.5. The number of benzene rings is 1. The second kappa shape index (κ2) is 14.4. The summed E-state index contributed by atoms with van der Waals surface area (Å²) in [6, 6.07) is 8.69. The molecular formula is C28H41N3O8. The molecule has 1 aromatic carbocycles. The van der Waals surface area contributed by atoms with Crippen LogP contribution in [0, 0.1) is 5.92 Å². The molecule has 2 amide bonds. The van der Waals surface area contributed by atoms with Gasteiger partial charge in [-0.3, -0.25) is 14.5 Å². The topological polar surface area (TPSA) is 182 Å². The SMILES string of the molecule is NC(=O)c1cccc(C2C[C@H]3CC[C@@H](C2)N3CCN(CC2CCCCC2)C(=O)[C@@H](O)CO)c1.O=C(O)C(=O)O. The smallest absolute Gasteiger partial charge is 0.414 e. The number of carbonyl (C=O) groups is 4. The summed E-state index contributed by atoms with van der Waals surface area (Å²) >= 11 is 0. The van der Waals surface area contributed by atoms with Crippen LogP contribution in [0.4, 0.5) is 0 Å². The second-order valence-corrected chi connectivity index (χ2v) is 10.9. The lowest BCUT2D eigenvalue weighted by Gasteiger charge is -2.40. The van der Waals surface area contributed by atoms with Gasteiger partial charge in [0.05, 0.1) is 6.61 Å². The Morgan fingerprint density at radius 2 is 1.59 bits per heavy atom. The van der Waals surface area contributed by atoms with Crippen molar-refractivity contribution in [3.8, 4) is 0 Å². The molecular weight excluding hydrogens is 506 g/mol. The van der Waals surface area contributed by atoms with Crippen LogP contribution in [0.1, 0.15) is 79.6 Å². The maximum absolute atomic E-state index is 12.8. The predicted octanol–water partition coefficient (Wildman–Crippen LogP) is 1.41. The number of aliphatic hydroxyl groups excluding tert-OH is 2. The molecule has 1 aromatic rings. The summed E-state index contributed by atoms with van der Waals surface area (Å²) in [5.74, 6) is -3.45. The van der Waals surface area contributed by atoms with Gasteiger partial charge >= 0.3 is 11.9 Å². The van der Waals surface area contributed by atoms with Crippen molar-refractivity contribution >= 4 is 23.8 Å². The second-order valence-electron chi connectivity index (χ2n) is 10.9. The van der Waals surface area contributed by atoms with Crippen molar-refractivity contribution in [2.45, 2.75) is 81.9 Å². The van der Waals surface area contributed by atoms with Gasteiger partial charge in [0.15, 0.2) is 6.10 Å². The number of primary amides is 1. The van der Waals surface area contributed by atoms with E-state index in [4.69, 9.17) is 25.5 Å². The molecule has 3 aliphatic rings. The van der Waals surface area contributed by atoms with E-state index in [2.05, 4.69) is 11.0 Å². The molecule has 2 aliphatic heterocycles. The lowest BCUT2D eigenvalue weighted by Crippen LogP contribution is -2.50. The van der Waals surface area contributed by atoms with Crippen LogP contribution in [0.2, 0.25) is 0 Å². The van der Waals surface area contributed by atoms with Crippen molar-refractivity contribution < 1.29 is 39.6 Å². The van der Waals surface area contributed by atoms with E-state index in [9.17, 15) is 19.8 Å². The number of nitrogens with two attached hydrogens (primary N) is 1. The number of rotatable bonds is 9. The number of aliphatic hydroxyl groups is 2. The highest BCUT2D eigenvalue weighted by atomic mass is 16.4. The molecule has 11 nitrogen and oxygen atoms in total. The molecule has 3 fully saturated rings. The Kier molecular flexibility index (Phi) is 11.3. The van der Waals surface area contributed by atoms with Gasteiger partial charge in [0.25, 0.3) is 5.91 Å². The standard InChI is InChI=1S/C26H39N3O4.C2H2O4/c27-25(32)20-8-4-7-19(13-20)21-14-22-9-10-23(15-21)29(22)12-11-28(26(33)24(31)17-30)16-18-5-2-1-3-6-18;3-1(4)2(5)6/h4,7-8,13,18,21-24,30-31H,1-3,5-6,9-12,14-17H2,(H2,27,32);(H,3,4)(H,5,6)/t21?,22-,23+,24-;/m0./s1. The van der Waals surface area contributed by atoms with E-state index in [1.807, 2.05) is 12.1 Å². The van der Waals surface area contributed by atoms with Crippen LogP contribution in [-0.2, 0) is 14.4 Å². The number of piperidine rings is 1. The van der Waals surface area contributed by atoms with Gasteiger partial charge in [-0.1, -0.05) is 31.4 Å². The fourth-order valence-corrected chi connectivity index (χ4v) is 6.36. The third-order valence-electron chi connectivity index (χ3n) is 8.31. The molecule has 11 heteroatoms. The maximum atomic E-state index is 12.8. The van der Waals surface area contributed by atoms with E-state index in [0.717, 1.165) is 45.1 Å². The summed E-state index contributed by atoms with van der Waals surface area (Å²) in [6.07, 6.45) is 9.06. The Morgan fingerprint density at radius 3 is 2.13 bits per heavy atom. The zero-order valence-corrected chi connectivity index (χ0v) is 22.3. The van der Waals surface area contributed by atoms with Crippen LogP contribution in [0.25, 0.3) is 0 Å². The molecule has 39 heavy (non-hydrogen) atoms. The normalized spacial score (nSPS) is 23.8. The molecule has 0 aromatic heterocycles. The summed E-state index contributed by atoms with van der Waals surface area (Å²) in [6.45, 7) is 1.56. The predicted molar refractivity (Wildman–Crippen MR) is 142 cm³/mol. The van der Waals surface area contributed by atoms with E-state index in [0.29, 0.717) is 42.6 Å². The van der Waals surface area contributed by atoms with Crippen LogP contribution in [0.5, 0.6) is 0 Å². The quantitative estimate of drug-likeness (QED) is 0.286. The number of amides is 2. The highest BCUT2D eigenvalue weighted by Gasteiger charge is 2.41. The van der Waals surface area contributed by atoms with Gasteiger partial charge in [-0.25, -0.2) is 9.59 Å². The van der Waals surface area contributed by atoms with Crippen LogP contribution in [0.3, 0.4) is 0 Å². The first-order valence-electron chi connectivity index (χ1n) is 13.8. The van der Waals surface area contributed by atoms with Crippen molar-refractivity contribution in [2.75, 3.05) is 26.2 Å². The van der Waals surface area contributed by atoms with Gasteiger partial charge in [0, 0.05) is 37.3 Å². The first kappa shape index (κ1) is 30.5.